The second kappa shape index (κ2) is 6.02. The third-order valence-corrected chi connectivity index (χ3v) is 2.72. The second-order valence-corrected chi connectivity index (χ2v) is 4.48. The molecule has 5 heteroatoms. The van der Waals surface area contributed by atoms with E-state index in [-0.39, 0.29) is 0 Å². The fourth-order valence-corrected chi connectivity index (χ4v) is 1.86. The second-order valence-electron chi connectivity index (χ2n) is 3.23. The van der Waals surface area contributed by atoms with Gasteiger partial charge in [0.25, 0.3) is 0 Å². The Hall–Kier alpha value is -0.690. The SMILES string of the molecule is CNC(CCc1cncc(I)c1)C(=O)O. The Labute approximate surface area is 102 Å². The number of hydrogen-bond donors (Lipinski definition) is 2. The highest BCUT2D eigenvalue weighted by atomic mass is 127. The van der Waals surface area contributed by atoms with Crippen LogP contribution in [0.3, 0.4) is 0 Å². The lowest BCUT2D eigenvalue weighted by Gasteiger charge is -2.10. The number of hydrogen-bond acceptors (Lipinski definition) is 3. The quantitative estimate of drug-likeness (QED) is 0.803. The van der Waals surface area contributed by atoms with Crippen LogP contribution in [0, 0.1) is 3.57 Å². The molecule has 15 heavy (non-hydrogen) atoms. The number of carbonyl (C=O) groups is 1. The Kier molecular flexibility index (Phi) is 4.97. The standard InChI is InChI=1S/C10H13IN2O2/c1-12-9(10(14)15)3-2-7-4-8(11)6-13-5-7/h4-6,9,12H,2-3H2,1H3,(H,14,15). The van der Waals surface area contributed by atoms with Crippen LogP contribution >= 0.6 is 22.6 Å². The molecule has 1 aromatic heterocycles. The van der Waals surface area contributed by atoms with E-state index in [9.17, 15) is 4.79 Å². The van der Waals surface area contributed by atoms with Crippen LogP contribution in [0.1, 0.15) is 12.0 Å². The van der Waals surface area contributed by atoms with Crippen LogP contribution in [-0.2, 0) is 11.2 Å². The number of nitrogens with zero attached hydrogens (tertiary/aromatic N) is 1. The molecule has 0 spiro atoms. The van der Waals surface area contributed by atoms with Crippen molar-refractivity contribution in [1.29, 1.82) is 0 Å². The fraction of sp³-hybridized carbons (Fsp3) is 0.400. The summed E-state index contributed by atoms with van der Waals surface area (Å²) in [5.41, 5.74) is 1.07. The van der Waals surface area contributed by atoms with E-state index in [2.05, 4.69) is 32.9 Å². The number of carboxylic acid groups (broad SMARTS) is 1. The van der Waals surface area contributed by atoms with Crippen LogP contribution in [0.4, 0.5) is 0 Å². The highest BCUT2D eigenvalue weighted by molar-refractivity contribution is 14.1. The number of carboxylic acids is 1. The van der Waals surface area contributed by atoms with Gasteiger partial charge >= 0.3 is 5.97 Å². The fourth-order valence-electron chi connectivity index (χ4n) is 1.29. The summed E-state index contributed by atoms with van der Waals surface area (Å²) in [7, 11) is 1.66. The Bertz CT molecular complexity index is 344. The van der Waals surface area contributed by atoms with E-state index < -0.39 is 12.0 Å². The highest BCUT2D eigenvalue weighted by Crippen LogP contribution is 2.08. The Morgan fingerprint density at radius 3 is 2.93 bits per heavy atom. The summed E-state index contributed by atoms with van der Waals surface area (Å²) in [5, 5.41) is 11.6. The van der Waals surface area contributed by atoms with E-state index in [1.807, 2.05) is 6.07 Å². The average Bonchev–Trinajstić information content (AvgIpc) is 2.18. The number of halogens is 1. The maximum absolute atomic E-state index is 10.7. The van der Waals surface area contributed by atoms with E-state index in [0.717, 1.165) is 15.6 Å². The number of aliphatic carboxylic acids is 1. The van der Waals surface area contributed by atoms with Crippen molar-refractivity contribution in [2.75, 3.05) is 7.05 Å². The van der Waals surface area contributed by atoms with Crippen LogP contribution in [0.2, 0.25) is 0 Å². The van der Waals surface area contributed by atoms with Gasteiger partial charge in [0.05, 0.1) is 0 Å². The van der Waals surface area contributed by atoms with Crippen molar-refractivity contribution >= 4 is 28.6 Å². The van der Waals surface area contributed by atoms with E-state index in [0.29, 0.717) is 6.42 Å². The van der Waals surface area contributed by atoms with Crippen LogP contribution < -0.4 is 5.32 Å². The lowest BCUT2D eigenvalue weighted by atomic mass is 10.1. The van der Waals surface area contributed by atoms with Crippen molar-refractivity contribution < 1.29 is 9.90 Å². The van der Waals surface area contributed by atoms with E-state index >= 15 is 0 Å². The van der Waals surface area contributed by atoms with Crippen molar-refractivity contribution in [2.24, 2.45) is 0 Å². The number of rotatable bonds is 5. The van der Waals surface area contributed by atoms with Gasteiger partial charge in [-0.25, -0.2) is 0 Å². The molecule has 1 heterocycles. The molecule has 0 aromatic carbocycles. The van der Waals surface area contributed by atoms with Gasteiger partial charge in [-0.2, -0.15) is 0 Å². The molecule has 0 aliphatic carbocycles. The molecule has 0 aliphatic rings. The van der Waals surface area contributed by atoms with Gasteiger partial charge in [0.15, 0.2) is 0 Å². The zero-order valence-corrected chi connectivity index (χ0v) is 10.6. The molecule has 0 bridgehead atoms. The number of likely N-dealkylation sites (N-methyl/N-ethyl adjacent to an activating group) is 1. The van der Waals surface area contributed by atoms with E-state index in [4.69, 9.17) is 5.11 Å². The smallest absolute Gasteiger partial charge is 0.320 e. The summed E-state index contributed by atoms with van der Waals surface area (Å²) in [4.78, 5) is 14.8. The van der Waals surface area contributed by atoms with Crippen molar-refractivity contribution in [3.63, 3.8) is 0 Å². The number of nitrogens with one attached hydrogen (secondary N) is 1. The molecule has 1 unspecified atom stereocenters. The molecule has 1 rings (SSSR count). The van der Waals surface area contributed by atoms with Gasteiger partial charge < -0.3 is 10.4 Å². The molecule has 0 amide bonds. The van der Waals surface area contributed by atoms with Gasteiger partial charge in [0.1, 0.15) is 6.04 Å². The van der Waals surface area contributed by atoms with Crippen molar-refractivity contribution in [1.82, 2.24) is 10.3 Å². The third-order valence-electron chi connectivity index (χ3n) is 2.13. The summed E-state index contributed by atoms with van der Waals surface area (Å²) in [5.74, 6) is -0.809. The van der Waals surface area contributed by atoms with Gasteiger partial charge in [-0.15, -0.1) is 0 Å². The Morgan fingerprint density at radius 2 is 2.40 bits per heavy atom. The topological polar surface area (TPSA) is 62.2 Å². The van der Waals surface area contributed by atoms with Gasteiger partial charge in [-0.1, -0.05) is 0 Å². The van der Waals surface area contributed by atoms with Gasteiger partial charge in [-0.05, 0) is 54.1 Å². The summed E-state index contributed by atoms with van der Waals surface area (Å²) in [6.07, 6.45) is 4.85. The Morgan fingerprint density at radius 1 is 1.67 bits per heavy atom. The van der Waals surface area contributed by atoms with Gasteiger partial charge in [0, 0.05) is 16.0 Å². The molecule has 0 fully saturated rings. The van der Waals surface area contributed by atoms with Gasteiger partial charge in [0.2, 0.25) is 0 Å². The minimum absolute atomic E-state index is 0.483. The minimum atomic E-state index is -0.809. The molecular formula is C10H13IN2O2. The molecule has 0 aliphatic heterocycles. The molecule has 1 atom stereocenters. The monoisotopic (exact) mass is 320 g/mol. The first-order valence-electron chi connectivity index (χ1n) is 4.63. The molecule has 0 saturated heterocycles. The minimum Gasteiger partial charge on any atom is -0.480 e. The molecular weight excluding hydrogens is 307 g/mol. The predicted octanol–water partition coefficient (Wildman–Crippen LogP) is 1.29. The lowest BCUT2D eigenvalue weighted by Crippen LogP contribution is -2.34. The maximum atomic E-state index is 10.7. The molecule has 4 nitrogen and oxygen atoms in total. The van der Waals surface area contributed by atoms with E-state index in [1.165, 1.54) is 0 Å². The maximum Gasteiger partial charge on any atom is 0.320 e. The summed E-state index contributed by atoms with van der Waals surface area (Å²) < 4.78 is 1.07. The first-order chi connectivity index (χ1) is 7.13. The van der Waals surface area contributed by atoms with Crippen LogP contribution in [0.25, 0.3) is 0 Å². The molecule has 82 valence electrons. The first-order valence-corrected chi connectivity index (χ1v) is 5.71. The van der Waals surface area contributed by atoms with Crippen LogP contribution in [-0.4, -0.2) is 29.1 Å². The number of aromatic nitrogens is 1. The third kappa shape index (κ3) is 4.13. The Balaban J connectivity index is 2.52. The van der Waals surface area contributed by atoms with Crippen LogP contribution in [0.5, 0.6) is 0 Å². The van der Waals surface area contributed by atoms with Crippen molar-refractivity contribution in [3.8, 4) is 0 Å². The number of pyridine rings is 1. The average molecular weight is 320 g/mol. The first kappa shape index (κ1) is 12.4. The number of aryl methyl sites for hydroxylation is 1. The highest BCUT2D eigenvalue weighted by Gasteiger charge is 2.14. The summed E-state index contributed by atoms with van der Waals surface area (Å²) in [6.45, 7) is 0. The molecule has 2 N–H and O–H groups in total. The zero-order chi connectivity index (χ0) is 11.3. The summed E-state index contributed by atoms with van der Waals surface area (Å²) >= 11 is 2.19. The molecule has 0 saturated carbocycles. The van der Waals surface area contributed by atoms with E-state index in [1.54, 1.807) is 19.4 Å². The lowest BCUT2D eigenvalue weighted by molar-refractivity contribution is -0.139. The predicted molar refractivity (Wildman–Crippen MR) is 65.8 cm³/mol. The summed E-state index contributed by atoms with van der Waals surface area (Å²) in [6, 6.07) is 1.53. The van der Waals surface area contributed by atoms with Crippen molar-refractivity contribution in [3.05, 3.63) is 27.6 Å². The van der Waals surface area contributed by atoms with Crippen molar-refractivity contribution in [2.45, 2.75) is 18.9 Å². The molecule has 0 radical (unpaired) electrons. The largest absolute Gasteiger partial charge is 0.480 e. The molecule has 1 aromatic rings. The zero-order valence-electron chi connectivity index (χ0n) is 8.40. The van der Waals surface area contributed by atoms with Crippen LogP contribution in [0.15, 0.2) is 18.5 Å². The normalized spacial score (nSPS) is 12.4. The van der Waals surface area contributed by atoms with Gasteiger partial charge in [-0.3, -0.25) is 9.78 Å².